The number of nitrogens with one attached hydrogen (secondary N) is 1. The molecule has 1 amide bonds. The van der Waals surface area contributed by atoms with Crippen molar-refractivity contribution in [1.29, 1.82) is 0 Å². The first-order valence-electron chi connectivity index (χ1n) is 8.53. The molecule has 0 saturated carbocycles. The number of amides is 1. The van der Waals surface area contributed by atoms with Crippen molar-refractivity contribution in [1.82, 2.24) is 0 Å². The van der Waals surface area contributed by atoms with E-state index in [0.29, 0.717) is 43.2 Å². The van der Waals surface area contributed by atoms with Gasteiger partial charge in [0, 0.05) is 30.3 Å². The molecule has 0 atom stereocenters. The molecule has 0 radical (unpaired) electrons. The van der Waals surface area contributed by atoms with Crippen LogP contribution in [0, 0.1) is 0 Å². The van der Waals surface area contributed by atoms with Crippen LogP contribution in [0.15, 0.2) is 42.5 Å². The van der Waals surface area contributed by atoms with Crippen LogP contribution in [0.2, 0.25) is 0 Å². The lowest BCUT2D eigenvalue weighted by Gasteiger charge is -2.10. The fourth-order valence-corrected chi connectivity index (χ4v) is 2.32. The summed E-state index contributed by atoms with van der Waals surface area (Å²) in [5, 5.41) is 2.84. The number of hydrogen-bond acceptors (Lipinski definition) is 5. The number of hydrogen-bond donors (Lipinski definition) is 1. The summed E-state index contributed by atoms with van der Waals surface area (Å²) in [7, 11) is 3.14. The van der Waals surface area contributed by atoms with Gasteiger partial charge in [0.2, 0.25) is 5.91 Å². The van der Waals surface area contributed by atoms with Crippen molar-refractivity contribution in [2.45, 2.75) is 19.8 Å². The zero-order valence-electron chi connectivity index (χ0n) is 15.4. The molecule has 26 heavy (non-hydrogen) atoms. The Labute approximate surface area is 154 Å². The quantitative estimate of drug-likeness (QED) is 0.652. The SMILES string of the molecule is CCOc1ccc(OCCCC(=O)Nc2cc(OC)cc(OC)c2)cc1. The summed E-state index contributed by atoms with van der Waals surface area (Å²) >= 11 is 0. The molecule has 6 nitrogen and oxygen atoms in total. The molecular weight excluding hydrogens is 334 g/mol. The summed E-state index contributed by atoms with van der Waals surface area (Å²) in [5.41, 5.74) is 0.638. The predicted octanol–water partition coefficient (Wildman–Crippen LogP) is 3.90. The van der Waals surface area contributed by atoms with Gasteiger partial charge >= 0.3 is 0 Å². The molecule has 2 rings (SSSR count). The maximum absolute atomic E-state index is 12.1. The topological polar surface area (TPSA) is 66.0 Å². The summed E-state index contributed by atoms with van der Waals surface area (Å²) in [4.78, 5) is 12.1. The first kappa shape index (κ1) is 19.4. The van der Waals surface area contributed by atoms with E-state index in [9.17, 15) is 4.79 Å². The van der Waals surface area contributed by atoms with Crippen molar-refractivity contribution in [3.8, 4) is 23.0 Å². The second kappa shape index (κ2) is 10.2. The molecule has 0 fully saturated rings. The number of benzene rings is 2. The lowest BCUT2D eigenvalue weighted by Crippen LogP contribution is -2.13. The van der Waals surface area contributed by atoms with Crippen LogP contribution in [0.25, 0.3) is 0 Å². The average molecular weight is 359 g/mol. The van der Waals surface area contributed by atoms with Crippen LogP contribution in [-0.2, 0) is 4.79 Å². The third kappa shape index (κ3) is 6.20. The standard InChI is InChI=1S/C20H25NO5/c1-4-25-16-7-9-17(10-8-16)26-11-5-6-20(22)21-15-12-18(23-2)14-19(13-15)24-3/h7-10,12-14H,4-6,11H2,1-3H3,(H,21,22). The third-order valence-corrected chi connectivity index (χ3v) is 3.59. The number of carbonyl (C=O) groups excluding carboxylic acids is 1. The van der Waals surface area contributed by atoms with Gasteiger partial charge in [-0.05, 0) is 37.6 Å². The highest BCUT2D eigenvalue weighted by molar-refractivity contribution is 5.91. The fraction of sp³-hybridized carbons (Fsp3) is 0.350. The van der Waals surface area contributed by atoms with Crippen LogP contribution in [-0.4, -0.2) is 33.3 Å². The Morgan fingerprint density at radius 2 is 1.46 bits per heavy atom. The highest BCUT2D eigenvalue weighted by Gasteiger charge is 2.06. The molecule has 0 aliphatic carbocycles. The second-order valence-electron chi connectivity index (χ2n) is 5.51. The summed E-state index contributed by atoms with van der Waals surface area (Å²) in [5.74, 6) is 2.73. The monoisotopic (exact) mass is 359 g/mol. The van der Waals surface area contributed by atoms with Crippen molar-refractivity contribution in [3.63, 3.8) is 0 Å². The van der Waals surface area contributed by atoms with Crippen LogP contribution in [0.3, 0.4) is 0 Å². The second-order valence-corrected chi connectivity index (χ2v) is 5.51. The van der Waals surface area contributed by atoms with Crippen molar-refractivity contribution >= 4 is 11.6 Å². The van der Waals surface area contributed by atoms with E-state index in [1.54, 1.807) is 32.4 Å². The van der Waals surface area contributed by atoms with E-state index < -0.39 is 0 Å². The molecule has 0 aliphatic heterocycles. The van der Waals surface area contributed by atoms with Crippen molar-refractivity contribution in [2.24, 2.45) is 0 Å². The van der Waals surface area contributed by atoms with E-state index in [1.165, 1.54) is 0 Å². The minimum atomic E-state index is -0.0874. The van der Waals surface area contributed by atoms with Gasteiger partial charge in [-0.1, -0.05) is 0 Å². The van der Waals surface area contributed by atoms with Crippen LogP contribution in [0.1, 0.15) is 19.8 Å². The van der Waals surface area contributed by atoms with Crippen LogP contribution >= 0.6 is 0 Å². The summed E-state index contributed by atoms with van der Waals surface area (Å²) in [6.45, 7) is 3.04. The summed E-state index contributed by atoms with van der Waals surface area (Å²) < 4.78 is 21.4. The van der Waals surface area contributed by atoms with Gasteiger partial charge in [0.1, 0.15) is 23.0 Å². The van der Waals surface area contributed by atoms with Crippen LogP contribution in [0.4, 0.5) is 5.69 Å². The number of anilines is 1. The number of rotatable bonds is 10. The van der Waals surface area contributed by atoms with E-state index >= 15 is 0 Å². The first-order valence-corrected chi connectivity index (χ1v) is 8.53. The summed E-state index contributed by atoms with van der Waals surface area (Å²) in [6.07, 6.45) is 0.969. The number of carbonyl (C=O) groups is 1. The van der Waals surface area contributed by atoms with Crippen LogP contribution < -0.4 is 24.3 Å². The Bertz CT molecular complexity index is 678. The minimum absolute atomic E-state index is 0.0874. The molecule has 0 unspecified atom stereocenters. The van der Waals surface area contributed by atoms with Crippen LogP contribution in [0.5, 0.6) is 23.0 Å². The highest BCUT2D eigenvalue weighted by atomic mass is 16.5. The normalized spacial score (nSPS) is 10.1. The predicted molar refractivity (Wildman–Crippen MR) is 101 cm³/mol. The van der Waals surface area contributed by atoms with Crippen molar-refractivity contribution in [3.05, 3.63) is 42.5 Å². The lowest BCUT2D eigenvalue weighted by molar-refractivity contribution is -0.116. The van der Waals surface area contributed by atoms with Gasteiger partial charge in [-0.3, -0.25) is 4.79 Å². The number of ether oxygens (including phenoxy) is 4. The number of methoxy groups -OCH3 is 2. The molecule has 2 aromatic carbocycles. The maximum Gasteiger partial charge on any atom is 0.224 e. The Morgan fingerprint density at radius 1 is 0.885 bits per heavy atom. The van der Waals surface area contributed by atoms with Gasteiger partial charge in [-0.15, -0.1) is 0 Å². The van der Waals surface area contributed by atoms with E-state index in [-0.39, 0.29) is 5.91 Å². The molecule has 0 saturated heterocycles. The zero-order valence-corrected chi connectivity index (χ0v) is 15.4. The smallest absolute Gasteiger partial charge is 0.224 e. The minimum Gasteiger partial charge on any atom is -0.497 e. The molecule has 140 valence electrons. The summed E-state index contributed by atoms with van der Waals surface area (Å²) in [6, 6.07) is 12.7. The Hall–Kier alpha value is -2.89. The van der Waals surface area contributed by atoms with Gasteiger partial charge in [0.15, 0.2) is 0 Å². The Balaban J connectivity index is 1.75. The van der Waals surface area contributed by atoms with Gasteiger partial charge in [-0.25, -0.2) is 0 Å². The third-order valence-electron chi connectivity index (χ3n) is 3.59. The first-order chi connectivity index (χ1) is 12.6. The van der Waals surface area contributed by atoms with Gasteiger partial charge in [-0.2, -0.15) is 0 Å². The zero-order chi connectivity index (χ0) is 18.8. The van der Waals surface area contributed by atoms with E-state index in [4.69, 9.17) is 18.9 Å². The molecule has 1 N–H and O–H groups in total. The largest absolute Gasteiger partial charge is 0.497 e. The lowest BCUT2D eigenvalue weighted by atomic mass is 10.2. The molecule has 0 spiro atoms. The van der Waals surface area contributed by atoms with E-state index in [1.807, 2.05) is 31.2 Å². The molecular formula is C20H25NO5. The molecule has 0 heterocycles. The molecule has 0 aliphatic rings. The van der Waals surface area contributed by atoms with Gasteiger partial charge < -0.3 is 24.3 Å². The van der Waals surface area contributed by atoms with Crippen molar-refractivity contribution < 1.29 is 23.7 Å². The van der Waals surface area contributed by atoms with E-state index in [0.717, 1.165) is 11.5 Å². The van der Waals surface area contributed by atoms with E-state index in [2.05, 4.69) is 5.32 Å². The molecule has 2 aromatic rings. The molecule has 0 bridgehead atoms. The average Bonchev–Trinajstić information content (AvgIpc) is 2.66. The van der Waals surface area contributed by atoms with Gasteiger partial charge in [0.05, 0.1) is 27.4 Å². The van der Waals surface area contributed by atoms with Crippen molar-refractivity contribution in [2.75, 3.05) is 32.8 Å². The fourth-order valence-electron chi connectivity index (χ4n) is 2.32. The molecule has 6 heteroatoms. The van der Waals surface area contributed by atoms with Gasteiger partial charge in [0.25, 0.3) is 0 Å². The maximum atomic E-state index is 12.1. The highest BCUT2D eigenvalue weighted by Crippen LogP contribution is 2.26. The Kier molecular flexibility index (Phi) is 7.61. The Morgan fingerprint density at radius 3 is 2.00 bits per heavy atom. The molecule has 0 aromatic heterocycles.